The van der Waals surface area contributed by atoms with Gasteiger partial charge < -0.3 is 0 Å². The van der Waals surface area contributed by atoms with Gasteiger partial charge in [0, 0.05) is 6.20 Å². The Hall–Kier alpha value is -1.75. The van der Waals surface area contributed by atoms with Crippen LogP contribution in [0.1, 0.15) is 0 Å². The summed E-state index contributed by atoms with van der Waals surface area (Å²) in [5.74, 6) is 0.124. The second-order valence-corrected chi connectivity index (χ2v) is 4.62. The van der Waals surface area contributed by atoms with Crippen LogP contribution >= 0.6 is 0 Å². The van der Waals surface area contributed by atoms with Gasteiger partial charge in [-0.15, -0.1) is 8.25 Å². The van der Waals surface area contributed by atoms with Crippen molar-refractivity contribution in [2.24, 2.45) is 4.36 Å². The minimum absolute atomic E-state index is 0.0562. The molecule has 0 aliphatic rings. The molecule has 2 rings (SSSR count). The minimum atomic E-state index is -3.90. The van der Waals surface area contributed by atoms with Crippen molar-refractivity contribution in [3.63, 3.8) is 0 Å². The molecule has 3 nitrogen and oxygen atoms in total. The first kappa shape index (κ1) is 10.8. The molecule has 82 valence electrons. The summed E-state index contributed by atoms with van der Waals surface area (Å²) >= 11 is 0. The van der Waals surface area contributed by atoms with Crippen LogP contribution in [0.2, 0.25) is 0 Å². The van der Waals surface area contributed by atoms with Crippen LogP contribution in [-0.4, -0.2) is 9.19 Å². The van der Waals surface area contributed by atoms with E-state index in [1.807, 2.05) is 0 Å². The topological polar surface area (TPSA) is 42.3 Å². The molecule has 0 amide bonds. The van der Waals surface area contributed by atoms with Gasteiger partial charge in [-0.3, -0.25) is 0 Å². The summed E-state index contributed by atoms with van der Waals surface area (Å²) in [6.07, 6.45) is 1.47. The summed E-state index contributed by atoms with van der Waals surface area (Å²) in [5.41, 5.74) is 0. The molecule has 5 heteroatoms. The smallest absolute Gasteiger partial charge is 0.236 e. The van der Waals surface area contributed by atoms with Crippen molar-refractivity contribution in [2.75, 3.05) is 0 Å². The van der Waals surface area contributed by atoms with E-state index in [0.717, 1.165) is 0 Å². The van der Waals surface area contributed by atoms with Gasteiger partial charge in [-0.2, -0.15) is 0 Å². The molecule has 0 radical (unpaired) electrons. The third-order valence-electron chi connectivity index (χ3n) is 1.89. The molecule has 1 heterocycles. The van der Waals surface area contributed by atoms with E-state index in [0.29, 0.717) is 0 Å². The van der Waals surface area contributed by atoms with E-state index in [-0.39, 0.29) is 10.7 Å². The van der Waals surface area contributed by atoms with Gasteiger partial charge in [-0.25, -0.2) is 9.19 Å². The molecular weight excluding hydrogens is 227 g/mol. The average Bonchev–Trinajstić information content (AvgIpc) is 2.31. The minimum Gasteiger partial charge on any atom is -0.236 e. The molecule has 2 aromatic rings. The SMILES string of the molecule is O=S(F)(=Nc1ccccn1)c1ccccc1. The summed E-state index contributed by atoms with van der Waals surface area (Å²) in [6, 6.07) is 12.7. The standard InChI is InChI=1S/C11H9FN2OS/c12-16(15,10-6-2-1-3-7-10)14-11-8-4-5-9-13-11/h1-9H. The zero-order chi connectivity index (χ0) is 11.4. The lowest BCUT2D eigenvalue weighted by Crippen LogP contribution is -1.91. The summed E-state index contributed by atoms with van der Waals surface area (Å²) in [5, 5.41) is 0. The van der Waals surface area contributed by atoms with Crippen LogP contribution in [0.3, 0.4) is 0 Å². The Balaban J connectivity index is 2.48. The van der Waals surface area contributed by atoms with E-state index in [9.17, 15) is 8.09 Å². The Morgan fingerprint density at radius 1 is 1.06 bits per heavy atom. The van der Waals surface area contributed by atoms with Gasteiger partial charge >= 0.3 is 0 Å². The molecule has 0 aliphatic carbocycles. The molecule has 0 bridgehead atoms. The molecular formula is C11H9FN2OS. The number of hydrogen-bond acceptors (Lipinski definition) is 3. The summed E-state index contributed by atoms with van der Waals surface area (Å²) in [6.45, 7) is 0. The van der Waals surface area contributed by atoms with Gasteiger partial charge in [0.15, 0.2) is 5.82 Å². The van der Waals surface area contributed by atoms with E-state index in [2.05, 4.69) is 9.35 Å². The third-order valence-corrected chi connectivity index (χ3v) is 3.17. The predicted octanol–water partition coefficient (Wildman–Crippen LogP) is 3.12. The van der Waals surface area contributed by atoms with E-state index >= 15 is 0 Å². The quantitative estimate of drug-likeness (QED) is 0.752. The van der Waals surface area contributed by atoms with Crippen LogP contribution in [0, 0.1) is 0 Å². The predicted molar refractivity (Wildman–Crippen MR) is 60.3 cm³/mol. The fraction of sp³-hybridized carbons (Fsp3) is 0. The first-order chi connectivity index (χ1) is 7.68. The van der Waals surface area contributed by atoms with E-state index in [1.54, 1.807) is 30.3 Å². The zero-order valence-electron chi connectivity index (χ0n) is 8.29. The number of pyridine rings is 1. The van der Waals surface area contributed by atoms with Crippen LogP contribution in [0.5, 0.6) is 0 Å². The van der Waals surface area contributed by atoms with E-state index in [1.165, 1.54) is 24.4 Å². The first-order valence-corrected chi connectivity index (χ1v) is 6.03. The monoisotopic (exact) mass is 236 g/mol. The van der Waals surface area contributed by atoms with E-state index < -0.39 is 10.1 Å². The maximum atomic E-state index is 13.8. The Kier molecular flexibility index (Phi) is 2.96. The van der Waals surface area contributed by atoms with Crippen LogP contribution in [0.4, 0.5) is 9.70 Å². The molecule has 1 aromatic heterocycles. The maximum absolute atomic E-state index is 13.8. The van der Waals surface area contributed by atoms with Crippen molar-refractivity contribution in [1.82, 2.24) is 4.98 Å². The number of rotatable bonds is 2. The third kappa shape index (κ3) is 2.43. The summed E-state index contributed by atoms with van der Waals surface area (Å²) in [7, 11) is -3.90. The van der Waals surface area contributed by atoms with Gasteiger partial charge in [-0.05, 0) is 24.3 Å². The molecule has 0 aliphatic heterocycles. The number of hydrogen-bond donors (Lipinski definition) is 0. The van der Waals surface area contributed by atoms with Crippen molar-refractivity contribution in [1.29, 1.82) is 0 Å². The lowest BCUT2D eigenvalue weighted by Gasteiger charge is -1.99. The van der Waals surface area contributed by atoms with Crippen LogP contribution < -0.4 is 0 Å². The van der Waals surface area contributed by atoms with Gasteiger partial charge in [-0.1, -0.05) is 24.3 Å². The lowest BCUT2D eigenvalue weighted by molar-refractivity contribution is 0.639. The number of benzene rings is 1. The fourth-order valence-electron chi connectivity index (χ4n) is 1.17. The van der Waals surface area contributed by atoms with Crippen LogP contribution in [-0.2, 0) is 10.1 Å². The van der Waals surface area contributed by atoms with Crippen molar-refractivity contribution < 1.29 is 8.09 Å². The van der Waals surface area contributed by atoms with Gasteiger partial charge in [0.25, 0.3) is 0 Å². The van der Waals surface area contributed by atoms with E-state index in [4.69, 9.17) is 0 Å². The molecule has 0 N–H and O–H groups in total. The summed E-state index contributed by atoms with van der Waals surface area (Å²) in [4.78, 5) is 3.86. The van der Waals surface area contributed by atoms with Crippen molar-refractivity contribution in [2.45, 2.75) is 4.90 Å². The molecule has 0 saturated carbocycles. The van der Waals surface area contributed by atoms with Crippen molar-refractivity contribution in [3.8, 4) is 0 Å². The second kappa shape index (κ2) is 4.40. The molecule has 1 unspecified atom stereocenters. The molecule has 16 heavy (non-hydrogen) atoms. The van der Waals surface area contributed by atoms with Gasteiger partial charge in [0.05, 0.1) is 4.90 Å². The largest absolute Gasteiger partial charge is 0.237 e. The Labute approximate surface area is 93.4 Å². The molecule has 1 atom stereocenters. The molecule has 1 aromatic carbocycles. The lowest BCUT2D eigenvalue weighted by atomic mass is 10.4. The Morgan fingerprint density at radius 3 is 2.38 bits per heavy atom. The number of halogens is 1. The molecule has 0 saturated heterocycles. The highest BCUT2D eigenvalue weighted by atomic mass is 32.3. The highest BCUT2D eigenvalue weighted by Gasteiger charge is 2.10. The second-order valence-electron chi connectivity index (χ2n) is 3.05. The zero-order valence-corrected chi connectivity index (χ0v) is 9.10. The van der Waals surface area contributed by atoms with Gasteiger partial charge in [0.2, 0.25) is 10.1 Å². The number of aromatic nitrogens is 1. The average molecular weight is 236 g/mol. The fourth-order valence-corrected chi connectivity index (χ4v) is 2.12. The summed E-state index contributed by atoms with van der Waals surface area (Å²) < 4.78 is 29.0. The highest BCUT2D eigenvalue weighted by Crippen LogP contribution is 2.19. The Morgan fingerprint density at radius 2 is 1.75 bits per heavy atom. The van der Waals surface area contributed by atoms with Crippen LogP contribution in [0.15, 0.2) is 64.0 Å². The normalized spacial score (nSPS) is 14.1. The molecule has 0 spiro atoms. The first-order valence-electron chi connectivity index (χ1n) is 4.61. The van der Waals surface area contributed by atoms with Crippen molar-refractivity contribution in [3.05, 3.63) is 54.7 Å². The van der Waals surface area contributed by atoms with Crippen LogP contribution in [0.25, 0.3) is 0 Å². The van der Waals surface area contributed by atoms with Crippen molar-refractivity contribution >= 4 is 15.9 Å². The number of nitrogens with zero attached hydrogens (tertiary/aromatic N) is 2. The highest BCUT2D eigenvalue weighted by molar-refractivity contribution is 7.88. The van der Waals surface area contributed by atoms with Gasteiger partial charge in [0.1, 0.15) is 0 Å². The maximum Gasteiger partial charge on any atom is 0.237 e. The molecule has 0 fully saturated rings. The Bertz CT molecular complexity index is 577.